The average molecular weight is 521 g/mol. The zero-order valence-electron chi connectivity index (χ0n) is 19.8. The van der Waals surface area contributed by atoms with Crippen molar-refractivity contribution in [3.05, 3.63) is 40.0 Å². The first kappa shape index (κ1) is 24.3. The van der Waals surface area contributed by atoms with Gasteiger partial charge in [-0.15, -0.1) is 0 Å². The van der Waals surface area contributed by atoms with E-state index in [0.29, 0.717) is 16.4 Å². The Balaban J connectivity index is 1.04. The van der Waals surface area contributed by atoms with Crippen LogP contribution in [0.25, 0.3) is 11.0 Å². The van der Waals surface area contributed by atoms with Crippen LogP contribution in [0.15, 0.2) is 28.8 Å². The normalized spacial score (nSPS) is 21.4. The largest absolute Gasteiger partial charge is 0.487 e. The number of carbonyl (C=O) groups is 1. The maximum Gasteiger partial charge on any atom is 0.261 e. The van der Waals surface area contributed by atoms with E-state index < -0.39 is 5.82 Å². The number of hydrogen-bond donors (Lipinski definition) is 1. The Labute approximate surface area is 213 Å². The van der Waals surface area contributed by atoms with Crippen molar-refractivity contribution < 1.29 is 18.4 Å². The molecule has 7 nitrogen and oxygen atoms in total. The number of hydrogen-bond acceptors (Lipinski definition) is 7. The Hall–Kier alpha value is -2.36. The van der Waals surface area contributed by atoms with Crippen molar-refractivity contribution in [3.63, 3.8) is 0 Å². The lowest BCUT2D eigenvalue weighted by atomic mass is 9.84. The van der Waals surface area contributed by atoms with Crippen LogP contribution in [0.5, 0.6) is 5.06 Å². The number of methoxy groups -OCH3 is 1. The smallest absolute Gasteiger partial charge is 0.261 e. The maximum atomic E-state index is 13.7. The molecule has 1 amide bonds. The number of fused-ring (bicyclic) bond motifs is 1. The zero-order valence-corrected chi connectivity index (χ0v) is 21.3. The first-order chi connectivity index (χ1) is 17.0. The molecule has 1 aliphatic heterocycles. The Morgan fingerprint density at radius 3 is 2.71 bits per heavy atom. The van der Waals surface area contributed by atoms with Crippen molar-refractivity contribution in [2.24, 2.45) is 5.92 Å². The molecule has 188 valence electrons. The van der Waals surface area contributed by atoms with Crippen LogP contribution in [-0.2, 0) is 0 Å². The number of thiophene rings is 1. The first-order valence-corrected chi connectivity index (χ1v) is 13.4. The van der Waals surface area contributed by atoms with E-state index in [1.165, 1.54) is 23.8 Å². The van der Waals surface area contributed by atoms with Gasteiger partial charge in [-0.2, -0.15) is 0 Å². The van der Waals surface area contributed by atoms with Crippen LogP contribution < -0.4 is 15.0 Å². The number of nitrogens with one attached hydrogen (secondary N) is 1. The second-order valence-electron chi connectivity index (χ2n) is 9.40. The van der Waals surface area contributed by atoms with Crippen LogP contribution in [0.1, 0.15) is 41.8 Å². The summed E-state index contributed by atoms with van der Waals surface area (Å²) in [4.78, 5) is 17.9. The lowest BCUT2D eigenvalue weighted by molar-refractivity contribution is 0.0924. The molecule has 3 heterocycles. The molecule has 35 heavy (non-hydrogen) atoms. The standard InChI is InChI=1S/C25H30ClFN4O3S/c1-33-23-7-6-22(35-23)25(32)28-17-4-2-16(3-5-17)8-9-30-10-12-31(13-11-30)24-18-14-19(26)20(27)15-21(18)34-29-24/h6-7,14-17H,2-5,8-13H2,1H3,(H,28,32)/t16-,17-. The van der Waals surface area contributed by atoms with Gasteiger partial charge in [0.1, 0.15) is 5.82 Å². The van der Waals surface area contributed by atoms with E-state index in [4.69, 9.17) is 20.9 Å². The topological polar surface area (TPSA) is 70.8 Å². The number of nitrogens with zero attached hydrogens (tertiary/aromatic N) is 3. The Morgan fingerprint density at radius 1 is 1.23 bits per heavy atom. The number of ether oxygens (including phenoxy) is 1. The average Bonchev–Trinajstić information content (AvgIpc) is 3.52. The van der Waals surface area contributed by atoms with Crippen molar-refractivity contribution in [1.29, 1.82) is 0 Å². The summed E-state index contributed by atoms with van der Waals surface area (Å²) in [5.74, 6) is 0.959. The van der Waals surface area contributed by atoms with Gasteiger partial charge in [0.15, 0.2) is 16.5 Å². The number of amides is 1. The van der Waals surface area contributed by atoms with Crippen molar-refractivity contribution in [2.45, 2.75) is 38.1 Å². The molecule has 2 aliphatic rings. The molecule has 0 unspecified atom stereocenters. The van der Waals surface area contributed by atoms with Gasteiger partial charge >= 0.3 is 0 Å². The van der Waals surface area contributed by atoms with Gasteiger partial charge in [-0.25, -0.2) is 4.39 Å². The quantitative estimate of drug-likeness (QED) is 0.462. The number of halogens is 2. The van der Waals surface area contributed by atoms with Gasteiger partial charge in [-0.1, -0.05) is 28.1 Å². The van der Waals surface area contributed by atoms with Crippen LogP contribution in [0.2, 0.25) is 5.02 Å². The fraction of sp³-hybridized carbons (Fsp3) is 0.520. The van der Waals surface area contributed by atoms with Gasteiger partial charge in [-0.05, 0) is 62.8 Å². The minimum atomic E-state index is -0.494. The molecule has 1 saturated heterocycles. The van der Waals surface area contributed by atoms with Crippen molar-refractivity contribution >= 4 is 45.6 Å². The van der Waals surface area contributed by atoms with E-state index in [1.54, 1.807) is 13.2 Å². The highest BCUT2D eigenvalue weighted by molar-refractivity contribution is 7.15. The summed E-state index contributed by atoms with van der Waals surface area (Å²) >= 11 is 7.35. The highest BCUT2D eigenvalue weighted by atomic mass is 35.5. The molecule has 0 bridgehead atoms. The number of aromatic nitrogens is 1. The van der Waals surface area contributed by atoms with E-state index in [2.05, 4.69) is 20.3 Å². The molecule has 2 fully saturated rings. The fourth-order valence-corrected chi connectivity index (χ4v) is 5.99. The SMILES string of the molecule is COc1ccc(C(=O)N[C@H]2CC[C@H](CCN3CCN(c4noc5cc(F)c(Cl)cc45)CC3)CC2)s1. The van der Waals surface area contributed by atoms with Crippen molar-refractivity contribution in [2.75, 3.05) is 44.7 Å². The molecule has 5 rings (SSSR count). The lowest BCUT2D eigenvalue weighted by Gasteiger charge is -2.36. The Bertz CT molecular complexity index is 1170. The summed E-state index contributed by atoms with van der Waals surface area (Å²) in [7, 11) is 1.62. The fourth-order valence-electron chi connectivity index (χ4n) is 5.10. The third kappa shape index (κ3) is 5.57. The van der Waals surface area contributed by atoms with Crippen LogP contribution in [0.4, 0.5) is 10.2 Å². The zero-order chi connectivity index (χ0) is 24.4. The monoisotopic (exact) mass is 520 g/mol. The molecule has 1 aliphatic carbocycles. The number of rotatable bonds is 7. The molecule has 1 N–H and O–H groups in total. The number of benzene rings is 1. The molecule has 0 spiro atoms. The van der Waals surface area contributed by atoms with Gasteiger partial charge in [0.05, 0.1) is 22.4 Å². The van der Waals surface area contributed by atoms with Gasteiger partial charge in [0.25, 0.3) is 5.91 Å². The summed E-state index contributed by atoms with van der Waals surface area (Å²) in [5, 5.41) is 8.96. The van der Waals surface area contributed by atoms with Crippen molar-refractivity contribution in [3.8, 4) is 5.06 Å². The molecule has 0 atom stereocenters. The summed E-state index contributed by atoms with van der Waals surface area (Å²) in [6, 6.07) is 6.81. The van der Waals surface area contributed by atoms with E-state index in [0.717, 1.165) is 74.7 Å². The summed E-state index contributed by atoms with van der Waals surface area (Å²) < 4.78 is 24.2. The van der Waals surface area contributed by atoms with Crippen LogP contribution in [0.3, 0.4) is 0 Å². The molecule has 1 saturated carbocycles. The Kier molecular flexibility index (Phi) is 7.45. The van der Waals surface area contributed by atoms with Crippen molar-refractivity contribution in [1.82, 2.24) is 15.4 Å². The molecular weight excluding hydrogens is 491 g/mol. The number of anilines is 1. The lowest BCUT2D eigenvalue weighted by Crippen LogP contribution is -2.47. The maximum absolute atomic E-state index is 13.7. The molecule has 0 radical (unpaired) electrons. The Morgan fingerprint density at radius 2 is 2.00 bits per heavy atom. The van der Waals surface area contributed by atoms with E-state index in [9.17, 15) is 9.18 Å². The molecule has 2 aromatic heterocycles. The highest BCUT2D eigenvalue weighted by Gasteiger charge is 2.26. The number of piperazine rings is 1. The van der Waals surface area contributed by atoms with E-state index in [1.807, 2.05) is 12.1 Å². The highest BCUT2D eigenvalue weighted by Crippen LogP contribution is 2.32. The third-order valence-electron chi connectivity index (χ3n) is 7.21. The molecule has 10 heteroatoms. The minimum absolute atomic E-state index is 0.00641. The molecule has 1 aromatic carbocycles. The first-order valence-electron chi connectivity index (χ1n) is 12.2. The van der Waals surface area contributed by atoms with Gasteiger partial charge in [0, 0.05) is 38.3 Å². The van der Waals surface area contributed by atoms with E-state index in [-0.39, 0.29) is 17.0 Å². The summed E-state index contributed by atoms with van der Waals surface area (Å²) in [5.41, 5.74) is 0.422. The van der Waals surface area contributed by atoms with Crippen LogP contribution in [-0.4, -0.2) is 61.8 Å². The van der Waals surface area contributed by atoms with Crippen LogP contribution >= 0.6 is 22.9 Å². The van der Waals surface area contributed by atoms with Crippen LogP contribution in [0, 0.1) is 11.7 Å². The van der Waals surface area contributed by atoms with E-state index >= 15 is 0 Å². The number of carbonyl (C=O) groups excluding carboxylic acids is 1. The summed E-state index contributed by atoms with van der Waals surface area (Å²) in [6.45, 7) is 4.70. The minimum Gasteiger partial charge on any atom is -0.487 e. The molecular formula is C25H30ClFN4O3S. The van der Waals surface area contributed by atoms with Gasteiger partial charge in [-0.3, -0.25) is 9.69 Å². The second kappa shape index (κ2) is 10.7. The van der Waals surface area contributed by atoms with Gasteiger partial charge < -0.3 is 19.5 Å². The summed E-state index contributed by atoms with van der Waals surface area (Å²) in [6.07, 6.45) is 5.57. The predicted molar refractivity (Wildman–Crippen MR) is 136 cm³/mol. The predicted octanol–water partition coefficient (Wildman–Crippen LogP) is 5.19. The molecule has 3 aromatic rings. The third-order valence-corrected chi connectivity index (χ3v) is 8.54. The second-order valence-corrected chi connectivity index (χ2v) is 10.9. The van der Waals surface area contributed by atoms with Gasteiger partial charge in [0.2, 0.25) is 0 Å².